The van der Waals surface area contributed by atoms with Gasteiger partial charge in [-0.25, -0.2) is 13.4 Å². The molecule has 0 unspecified atom stereocenters. The molecule has 0 saturated carbocycles. The standard InChI is InChI=1S/C17H25N3O2S/c1-4-19(3)14-16-13-18-17(23(21,22)5-2)20(16)12-11-15-9-7-6-8-10-15/h6-10,13H,4-5,11-12,14H2,1-3H3. The zero-order valence-electron chi connectivity index (χ0n) is 14.1. The summed E-state index contributed by atoms with van der Waals surface area (Å²) >= 11 is 0. The van der Waals surface area contributed by atoms with Crippen molar-refractivity contribution in [2.24, 2.45) is 0 Å². The van der Waals surface area contributed by atoms with Gasteiger partial charge in [0.05, 0.1) is 17.6 Å². The molecule has 0 aliphatic carbocycles. The lowest BCUT2D eigenvalue weighted by molar-refractivity contribution is 0.332. The smallest absolute Gasteiger partial charge is 0.227 e. The number of aromatic nitrogens is 2. The van der Waals surface area contributed by atoms with Crippen molar-refractivity contribution in [3.63, 3.8) is 0 Å². The molecule has 0 saturated heterocycles. The minimum atomic E-state index is -3.32. The lowest BCUT2D eigenvalue weighted by Gasteiger charge is -2.17. The van der Waals surface area contributed by atoms with Gasteiger partial charge in [-0.3, -0.25) is 0 Å². The number of hydrogen-bond acceptors (Lipinski definition) is 4. The predicted octanol–water partition coefficient (Wildman–Crippen LogP) is 2.37. The van der Waals surface area contributed by atoms with Gasteiger partial charge in [-0.1, -0.05) is 44.2 Å². The van der Waals surface area contributed by atoms with Crippen LogP contribution in [0.5, 0.6) is 0 Å². The molecular weight excluding hydrogens is 310 g/mol. The Bertz CT molecular complexity index is 724. The Balaban J connectivity index is 2.30. The Morgan fingerprint density at radius 3 is 2.48 bits per heavy atom. The summed E-state index contributed by atoms with van der Waals surface area (Å²) < 4.78 is 26.5. The van der Waals surface area contributed by atoms with Crippen LogP contribution < -0.4 is 0 Å². The third kappa shape index (κ3) is 4.42. The van der Waals surface area contributed by atoms with Gasteiger partial charge in [-0.05, 0) is 25.6 Å². The first-order chi connectivity index (χ1) is 11.0. The van der Waals surface area contributed by atoms with Crippen molar-refractivity contribution < 1.29 is 8.42 Å². The van der Waals surface area contributed by atoms with Gasteiger partial charge in [-0.2, -0.15) is 0 Å². The summed E-state index contributed by atoms with van der Waals surface area (Å²) in [7, 11) is -1.31. The maximum absolute atomic E-state index is 12.3. The topological polar surface area (TPSA) is 55.2 Å². The fourth-order valence-corrected chi connectivity index (χ4v) is 3.42. The molecule has 0 aliphatic heterocycles. The SMILES string of the molecule is CCN(C)Cc1cnc(S(=O)(=O)CC)n1CCc1ccccc1. The van der Waals surface area contributed by atoms with Crippen LogP contribution in [0, 0.1) is 0 Å². The Morgan fingerprint density at radius 1 is 1.17 bits per heavy atom. The van der Waals surface area contributed by atoms with Gasteiger partial charge in [0.1, 0.15) is 0 Å². The maximum Gasteiger partial charge on any atom is 0.227 e. The Labute approximate surface area is 138 Å². The van der Waals surface area contributed by atoms with Crippen LogP contribution in [0.3, 0.4) is 0 Å². The molecule has 126 valence electrons. The van der Waals surface area contributed by atoms with Gasteiger partial charge >= 0.3 is 0 Å². The average molecular weight is 335 g/mol. The van der Waals surface area contributed by atoms with Crippen LogP contribution in [-0.4, -0.2) is 42.2 Å². The molecule has 0 radical (unpaired) electrons. The number of hydrogen-bond donors (Lipinski definition) is 0. The lowest BCUT2D eigenvalue weighted by Crippen LogP contribution is -2.21. The van der Waals surface area contributed by atoms with Crippen LogP contribution in [0.15, 0.2) is 41.7 Å². The zero-order chi connectivity index (χ0) is 16.9. The molecule has 2 rings (SSSR count). The van der Waals surface area contributed by atoms with Crippen molar-refractivity contribution in [1.29, 1.82) is 0 Å². The highest BCUT2D eigenvalue weighted by atomic mass is 32.2. The highest BCUT2D eigenvalue weighted by Crippen LogP contribution is 2.16. The summed E-state index contributed by atoms with van der Waals surface area (Å²) in [5, 5.41) is 0.190. The van der Waals surface area contributed by atoms with Crippen molar-refractivity contribution >= 4 is 9.84 Å². The van der Waals surface area contributed by atoms with Crippen LogP contribution >= 0.6 is 0 Å². The average Bonchev–Trinajstić information content (AvgIpc) is 2.97. The fourth-order valence-electron chi connectivity index (χ4n) is 2.41. The highest BCUT2D eigenvalue weighted by molar-refractivity contribution is 7.91. The molecule has 0 fully saturated rings. The van der Waals surface area contributed by atoms with Crippen LogP contribution in [0.25, 0.3) is 0 Å². The van der Waals surface area contributed by atoms with Gasteiger partial charge in [0.2, 0.25) is 15.0 Å². The third-order valence-corrected chi connectivity index (χ3v) is 5.64. The van der Waals surface area contributed by atoms with Crippen LogP contribution in [0.2, 0.25) is 0 Å². The number of imidazole rings is 1. The van der Waals surface area contributed by atoms with E-state index >= 15 is 0 Å². The number of sulfone groups is 1. The van der Waals surface area contributed by atoms with E-state index in [-0.39, 0.29) is 10.9 Å². The van der Waals surface area contributed by atoms with Crippen LogP contribution in [0.1, 0.15) is 25.1 Å². The normalized spacial score (nSPS) is 12.0. The maximum atomic E-state index is 12.3. The van der Waals surface area contributed by atoms with Gasteiger partial charge in [-0.15, -0.1) is 0 Å². The number of nitrogens with zero attached hydrogens (tertiary/aromatic N) is 3. The molecule has 0 bridgehead atoms. The largest absolute Gasteiger partial charge is 0.317 e. The zero-order valence-corrected chi connectivity index (χ0v) is 14.9. The molecule has 0 spiro atoms. The Morgan fingerprint density at radius 2 is 1.87 bits per heavy atom. The summed E-state index contributed by atoms with van der Waals surface area (Å²) in [5.41, 5.74) is 2.13. The molecule has 1 aromatic heterocycles. The van der Waals surface area contributed by atoms with Crippen molar-refractivity contribution in [1.82, 2.24) is 14.5 Å². The first-order valence-corrected chi connectivity index (χ1v) is 9.62. The highest BCUT2D eigenvalue weighted by Gasteiger charge is 2.21. The second-order valence-electron chi connectivity index (χ2n) is 5.65. The monoisotopic (exact) mass is 335 g/mol. The minimum absolute atomic E-state index is 0.0679. The predicted molar refractivity (Wildman–Crippen MR) is 92.1 cm³/mol. The molecule has 1 aromatic carbocycles. The second-order valence-corrected chi connectivity index (χ2v) is 7.83. The molecule has 6 heteroatoms. The van der Waals surface area contributed by atoms with Crippen molar-refractivity contribution in [3.8, 4) is 0 Å². The molecule has 1 heterocycles. The fraction of sp³-hybridized carbons (Fsp3) is 0.471. The summed E-state index contributed by atoms with van der Waals surface area (Å²) in [4.78, 5) is 6.34. The quantitative estimate of drug-likeness (QED) is 0.743. The van der Waals surface area contributed by atoms with Crippen molar-refractivity contribution in [2.45, 2.75) is 38.5 Å². The van der Waals surface area contributed by atoms with E-state index in [0.29, 0.717) is 13.1 Å². The third-order valence-electron chi connectivity index (χ3n) is 4.00. The Hall–Kier alpha value is -1.66. The first-order valence-electron chi connectivity index (χ1n) is 7.97. The summed E-state index contributed by atoms with van der Waals surface area (Å²) in [5.74, 6) is 0.0679. The van der Waals surface area contributed by atoms with E-state index in [1.807, 2.05) is 29.8 Å². The van der Waals surface area contributed by atoms with E-state index in [1.165, 1.54) is 5.56 Å². The first kappa shape index (κ1) is 17.7. The van der Waals surface area contributed by atoms with Gasteiger partial charge in [0, 0.05) is 13.1 Å². The molecular formula is C17H25N3O2S. The minimum Gasteiger partial charge on any atom is -0.317 e. The molecule has 5 nitrogen and oxygen atoms in total. The van der Waals surface area contributed by atoms with Crippen molar-refractivity contribution in [2.75, 3.05) is 19.3 Å². The lowest BCUT2D eigenvalue weighted by atomic mass is 10.1. The molecule has 2 aromatic rings. The molecule has 23 heavy (non-hydrogen) atoms. The van der Waals surface area contributed by atoms with E-state index in [9.17, 15) is 8.42 Å². The molecule has 0 aliphatic rings. The summed E-state index contributed by atoms with van der Waals surface area (Å²) in [6.45, 7) is 5.94. The van der Waals surface area contributed by atoms with Crippen LogP contribution in [0.4, 0.5) is 0 Å². The van der Waals surface area contributed by atoms with E-state index in [2.05, 4.69) is 28.9 Å². The molecule has 0 atom stereocenters. The molecule has 0 amide bonds. The van der Waals surface area contributed by atoms with E-state index in [1.54, 1.807) is 13.1 Å². The van der Waals surface area contributed by atoms with Crippen LogP contribution in [-0.2, 0) is 29.3 Å². The van der Waals surface area contributed by atoms with Gasteiger partial charge in [0.25, 0.3) is 0 Å². The Kier molecular flexibility index (Phi) is 5.96. The van der Waals surface area contributed by atoms with Crippen molar-refractivity contribution in [3.05, 3.63) is 47.8 Å². The number of rotatable bonds is 8. The molecule has 0 N–H and O–H groups in total. The summed E-state index contributed by atoms with van der Waals surface area (Å²) in [6, 6.07) is 10.1. The van der Waals surface area contributed by atoms with E-state index in [4.69, 9.17) is 0 Å². The van der Waals surface area contributed by atoms with E-state index < -0.39 is 9.84 Å². The van der Waals surface area contributed by atoms with Gasteiger partial charge in [0.15, 0.2) is 0 Å². The van der Waals surface area contributed by atoms with E-state index in [0.717, 1.165) is 18.7 Å². The number of benzene rings is 1. The summed E-state index contributed by atoms with van der Waals surface area (Å²) in [6.07, 6.45) is 2.48. The van der Waals surface area contributed by atoms with Gasteiger partial charge < -0.3 is 9.47 Å². The number of aryl methyl sites for hydroxylation is 1. The second kappa shape index (κ2) is 7.75.